The van der Waals surface area contributed by atoms with Gasteiger partial charge < -0.3 is 24.8 Å². The molecule has 3 saturated heterocycles. The van der Waals surface area contributed by atoms with E-state index in [1.165, 1.54) is 19.4 Å². The van der Waals surface area contributed by atoms with Gasteiger partial charge in [-0.2, -0.15) is 4.98 Å². The second-order valence-corrected chi connectivity index (χ2v) is 16.2. The number of methoxy groups -OCH3 is 1. The number of likely N-dealkylation sites (tertiary alicyclic amines) is 1. The summed E-state index contributed by atoms with van der Waals surface area (Å²) in [6.07, 6.45) is 8.76. The first-order chi connectivity index (χ1) is 23.5. The summed E-state index contributed by atoms with van der Waals surface area (Å²) in [5.74, 6) is 1.84. The van der Waals surface area contributed by atoms with E-state index < -0.39 is 22.1 Å². The van der Waals surface area contributed by atoms with Crippen molar-refractivity contribution in [1.82, 2.24) is 19.9 Å². The van der Waals surface area contributed by atoms with Crippen LogP contribution >= 0.6 is 0 Å². The Morgan fingerprint density at radius 2 is 1.88 bits per heavy atom. The van der Waals surface area contributed by atoms with Crippen molar-refractivity contribution in [3.05, 3.63) is 54.4 Å². The molecule has 264 valence electrons. The third-order valence-electron chi connectivity index (χ3n) is 10.1. The lowest BCUT2D eigenvalue weighted by atomic mass is 9.86. The van der Waals surface area contributed by atoms with Crippen LogP contribution in [-0.2, 0) is 19.4 Å². The Kier molecular flexibility index (Phi) is 10.4. The summed E-state index contributed by atoms with van der Waals surface area (Å²) in [6.45, 7) is 11.0. The Hall–Kier alpha value is -3.84. The van der Waals surface area contributed by atoms with Crippen LogP contribution in [-0.4, -0.2) is 98.3 Å². The van der Waals surface area contributed by atoms with Crippen molar-refractivity contribution in [1.29, 1.82) is 0 Å². The highest BCUT2D eigenvalue weighted by molar-refractivity contribution is 7.90. The molecule has 5 heterocycles. The van der Waals surface area contributed by atoms with Crippen LogP contribution in [0.4, 0.5) is 27.7 Å². The molecule has 3 aliphatic heterocycles. The van der Waals surface area contributed by atoms with Crippen LogP contribution in [0.2, 0.25) is 0 Å². The number of hydrogen-bond acceptors (Lipinski definition) is 10. The standard InChI is InChI=1S/C36H48FN7O4S/c1-6-34(45)44-15-8-10-29(44)26-17-30(42-14-7-9-24(20-42)22-49(5,46)47)27-19-39-33(18-25(27)35(26)23(2)3)40-32-11-13-38-36(41-32)43-16-12-31(48-4)28(37)21-43/h6,11,13,17-19,23-24,28-29,31H,1,7-10,12,14-16,20-22H2,2-5H3,(H,38,39,40,41)/t24-,28+,29-,31-/m1/s1. The quantitative estimate of drug-likeness (QED) is 0.270. The van der Waals surface area contributed by atoms with E-state index in [1.54, 1.807) is 12.3 Å². The van der Waals surface area contributed by atoms with Crippen LogP contribution in [0.1, 0.15) is 69.0 Å². The number of pyridine rings is 1. The fraction of sp³-hybridized carbons (Fsp3) is 0.556. The van der Waals surface area contributed by atoms with Gasteiger partial charge in [0.1, 0.15) is 27.6 Å². The Morgan fingerprint density at radius 3 is 2.59 bits per heavy atom. The zero-order chi connectivity index (χ0) is 34.9. The second kappa shape index (κ2) is 14.6. The van der Waals surface area contributed by atoms with E-state index in [1.807, 2.05) is 22.1 Å². The fourth-order valence-corrected chi connectivity index (χ4v) is 9.07. The van der Waals surface area contributed by atoms with Gasteiger partial charge in [0.15, 0.2) is 0 Å². The zero-order valence-electron chi connectivity index (χ0n) is 28.9. The maximum atomic E-state index is 14.7. The van der Waals surface area contributed by atoms with Crippen LogP contribution < -0.4 is 15.1 Å². The van der Waals surface area contributed by atoms with Crippen LogP contribution in [0.15, 0.2) is 43.2 Å². The molecule has 6 rings (SSSR count). The highest BCUT2D eigenvalue weighted by atomic mass is 32.2. The van der Waals surface area contributed by atoms with Gasteiger partial charge in [-0.05, 0) is 84.7 Å². The van der Waals surface area contributed by atoms with E-state index in [4.69, 9.17) is 14.7 Å². The fourth-order valence-electron chi connectivity index (χ4n) is 7.94. The lowest BCUT2D eigenvalue weighted by Gasteiger charge is -2.37. The molecule has 0 radical (unpaired) electrons. The lowest BCUT2D eigenvalue weighted by Crippen LogP contribution is -2.46. The number of anilines is 4. The summed E-state index contributed by atoms with van der Waals surface area (Å²) in [7, 11) is -1.59. The number of halogens is 1. The normalized spacial score (nSPS) is 23.3. The van der Waals surface area contributed by atoms with Crippen molar-refractivity contribution in [3.63, 3.8) is 0 Å². The number of ether oxygens (including phenoxy) is 1. The van der Waals surface area contributed by atoms with E-state index in [9.17, 15) is 17.6 Å². The number of nitrogens with one attached hydrogen (secondary N) is 1. The first-order valence-corrected chi connectivity index (χ1v) is 19.4. The van der Waals surface area contributed by atoms with Gasteiger partial charge in [0.25, 0.3) is 0 Å². The van der Waals surface area contributed by atoms with Crippen LogP contribution in [0.25, 0.3) is 10.8 Å². The molecule has 49 heavy (non-hydrogen) atoms. The van der Waals surface area contributed by atoms with Gasteiger partial charge in [-0.25, -0.2) is 22.8 Å². The highest BCUT2D eigenvalue weighted by Crippen LogP contribution is 2.44. The predicted molar refractivity (Wildman–Crippen MR) is 192 cm³/mol. The van der Waals surface area contributed by atoms with E-state index in [2.05, 4.69) is 41.7 Å². The molecule has 3 aliphatic rings. The molecule has 0 unspecified atom stereocenters. The summed E-state index contributed by atoms with van der Waals surface area (Å²) >= 11 is 0. The SMILES string of the molecule is C=CC(=O)N1CCC[C@@H]1c1cc(N2CCC[C@@H](CS(C)(=O)=O)C2)c2cnc(Nc3ccnc(N4CC[C@@H](OC)[C@@H](F)C4)n3)cc2c1C(C)C. The van der Waals surface area contributed by atoms with Crippen molar-refractivity contribution in [3.8, 4) is 0 Å². The summed E-state index contributed by atoms with van der Waals surface area (Å²) in [5.41, 5.74) is 3.27. The first kappa shape index (κ1) is 35.0. The molecule has 11 nitrogen and oxygen atoms in total. The molecular formula is C36H48FN7O4S. The molecule has 0 saturated carbocycles. The summed E-state index contributed by atoms with van der Waals surface area (Å²) < 4.78 is 44.5. The number of carbonyl (C=O) groups excluding carboxylic acids is 1. The number of nitrogens with zero attached hydrogens (tertiary/aromatic N) is 6. The molecule has 13 heteroatoms. The average molecular weight is 694 g/mol. The average Bonchev–Trinajstić information content (AvgIpc) is 3.56. The Labute approximate surface area is 288 Å². The second-order valence-electron chi connectivity index (χ2n) is 14.0. The van der Waals surface area contributed by atoms with Gasteiger partial charge >= 0.3 is 0 Å². The molecule has 1 aromatic carbocycles. The Bertz CT molecular complexity index is 1810. The highest BCUT2D eigenvalue weighted by Gasteiger charge is 2.34. The molecule has 2 aromatic heterocycles. The van der Waals surface area contributed by atoms with Crippen molar-refractivity contribution < 1.29 is 22.3 Å². The maximum absolute atomic E-state index is 14.7. The van der Waals surface area contributed by atoms with Gasteiger partial charge in [-0.1, -0.05) is 20.4 Å². The molecule has 1 N–H and O–H groups in total. The number of carbonyl (C=O) groups is 1. The topological polar surface area (TPSA) is 121 Å². The molecule has 4 atom stereocenters. The number of sulfone groups is 1. The number of hydrogen-bond donors (Lipinski definition) is 1. The largest absolute Gasteiger partial charge is 0.378 e. The van der Waals surface area contributed by atoms with Gasteiger partial charge in [0.2, 0.25) is 11.9 Å². The summed E-state index contributed by atoms with van der Waals surface area (Å²) in [6, 6.07) is 5.95. The van der Waals surface area contributed by atoms with Crippen LogP contribution in [0.5, 0.6) is 0 Å². The van der Waals surface area contributed by atoms with Crippen molar-refractivity contribution >= 4 is 49.8 Å². The number of benzene rings is 1. The number of piperidine rings is 2. The molecule has 0 aliphatic carbocycles. The number of amides is 1. The third kappa shape index (κ3) is 7.67. The minimum absolute atomic E-state index is 0.0335. The number of rotatable bonds is 10. The molecule has 0 bridgehead atoms. The van der Waals surface area contributed by atoms with Gasteiger partial charge in [0.05, 0.1) is 24.4 Å². The third-order valence-corrected chi connectivity index (χ3v) is 11.2. The minimum atomic E-state index is -3.12. The van der Waals surface area contributed by atoms with Crippen LogP contribution in [0.3, 0.4) is 0 Å². The van der Waals surface area contributed by atoms with E-state index in [-0.39, 0.29) is 36.1 Å². The van der Waals surface area contributed by atoms with Crippen molar-refractivity contribution in [2.45, 2.75) is 70.2 Å². The number of aromatic nitrogens is 3. The zero-order valence-corrected chi connectivity index (χ0v) is 29.8. The molecular weight excluding hydrogens is 646 g/mol. The maximum Gasteiger partial charge on any atom is 0.246 e. The Balaban J connectivity index is 1.41. The predicted octanol–water partition coefficient (Wildman–Crippen LogP) is 5.57. The molecule has 1 amide bonds. The van der Waals surface area contributed by atoms with Crippen molar-refractivity contribution in [2.24, 2.45) is 5.92 Å². The van der Waals surface area contributed by atoms with Crippen molar-refractivity contribution in [2.75, 3.05) is 67.0 Å². The summed E-state index contributed by atoms with van der Waals surface area (Å²) in [5, 5.41) is 5.37. The summed E-state index contributed by atoms with van der Waals surface area (Å²) in [4.78, 5) is 33.1. The van der Waals surface area contributed by atoms with E-state index in [0.29, 0.717) is 43.6 Å². The molecule has 0 spiro atoms. The smallest absolute Gasteiger partial charge is 0.246 e. The molecule has 3 fully saturated rings. The number of alkyl halides is 1. The van der Waals surface area contributed by atoms with E-state index in [0.717, 1.165) is 59.8 Å². The lowest BCUT2D eigenvalue weighted by molar-refractivity contribution is -0.126. The van der Waals surface area contributed by atoms with Crippen LogP contribution in [0, 0.1) is 5.92 Å². The van der Waals surface area contributed by atoms with E-state index >= 15 is 0 Å². The molecule has 3 aromatic rings. The Morgan fingerprint density at radius 1 is 1.08 bits per heavy atom. The number of fused-ring (bicyclic) bond motifs is 1. The van der Waals surface area contributed by atoms with Gasteiger partial charge in [0, 0.05) is 63.0 Å². The van der Waals surface area contributed by atoms with Gasteiger partial charge in [-0.3, -0.25) is 4.79 Å². The van der Waals surface area contributed by atoms with Gasteiger partial charge in [-0.15, -0.1) is 0 Å². The first-order valence-electron chi connectivity index (χ1n) is 17.3. The monoisotopic (exact) mass is 693 g/mol. The minimum Gasteiger partial charge on any atom is -0.378 e.